The van der Waals surface area contributed by atoms with Crippen LogP contribution >= 0.6 is 0 Å². The van der Waals surface area contributed by atoms with Crippen LogP contribution in [-0.2, 0) is 20.6 Å². The van der Waals surface area contributed by atoms with Gasteiger partial charge in [-0.15, -0.1) is 0 Å². The van der Waals surface area contributed by atoms with Crippen LogP contribution in [0.5, 0.6) is 0 Å². The summed E-state index contributed by atoms with van der Waals surface area (Å²) in [6.45, 7) is 9.13. The molecule has 0 saturated heterocycles. The van der Waals surface area contributed by atoms with Gasteiger partial charge in [0.25, 0.3) is 0 Å². The van der Waals surface area contributed by atoms with Gasteiger partial charge in [0.2, 0.25) is 0 Å². The number of fused-ring (bicyclic) bond motifs is 1. The smallest absolute Gasteiger partial charge is 0.114 e. The highest BCUT2D eigenvalue weighted by Crippen LogP contribution is 2.33. The van der Waals surface area contributed by atoms with Crippen LogP contribution in [0, 0.1) is 13.8 Å². The second-order valence-electron chi connectivity index (χ2n) is 7.68. The SMILES string of the molecule is Cc1nn(C(C)C)c2c(NCc3cnn(C)c3)cc(-c3ccn(C)c3C)nc12. The largest absolute Gasteiger partial charge is 0.379 e. The number of hydrogen-bond donors (Lipinski definition) is 1. The lowest BCUT2D eigenvalue weighted by atomic mass is 10.1. The number of aromatic nitrogens is 6. The molecule has 7 nitrogen and oxygen atoms in total. The number of anilines is 1. The maximum atomic E-state index is 4.99. The van der Waals surface area contributed by atoms with Crippen molar-refractivity contribution in [3.8, 4) is 11.3 Å². The molecule has 1 N–H and O–H groups in total. The molecule has 0 aliphatic heterocycles. The lowest BCUT2D eigenvalue weighted by Gasteiger charge is -2.14. The Morgan fingerprint density at radius 3 is 2.57 bits per heavy atom. The van der Waals surface area contributed by atoms with Crippen LogP contribution in [-0.4, -0.2) is 29.1 Å². The average molecular weight is 377 g/mol. The predicted molar refractivity (Wildman–Crippen MR) is 112 cm³/mol. The van der Waals surface area contributed by atoms with Crippen molar-refractivity contribution in [1.82, 2.24) is 29.1 Å². The molecule has 0 unspecified atom stereocenters. The van der Waals surface area contributed by atoms with E-state index in [1.54, 1.807) is 0 Å². The Kier molecular flexibility index (Phi) is 4.45. The van der Waals surface area contributed by atoms with Crippen LogP contribution in [0.15, 0.2) is 30.7 Å². The van der Waals surface area contributed by atoms with E-state index in [0.29, 0.717) is 6.54 Å². The van der Waals surface area contributed by atoms with E-state index in [0.717, 1.165) is 39.2 Å². The zero-order valence-electron chi connectivity index (χ0n) is 17.4. The lowest BCUT2D eigenvalue weighted by molar-refractivity contribution is 0.547. The van der Waals surface area contributed by atoms with Crippen LogP contribution < -0.4 is 5.32 Å². The summed E-state index contributed by atoms with van der Waals surface area (Å²) in [5.41, 5.74) is 8.43. The first-order valence-electron chi connectivity index (χ1n) is 9.58. The first kappa shape index (κ1) is 18.3. The average Bonchev–Trinajstić information content (AvgIpc) is 3.32. The summed E-state index contributed by atoms with van der Waals surface area (Å²) in [4.78, 5) is 4.99. The van der Waals surface area contributed by atoms with E-state index in [1.807, 2.05) is 31.0 Å². The van der Waals surface area contributed by atoms with Crippen LogP contribution in [0.1, 0.15) is 36.8 Å². The molecule has 0 aliphatic rings. The van der Waals surface area contributed by atoms with Crippen LogP contribution in [0.4, 0.5) is 5.69 Å². The third kappa shape index (κ3) is 3.06. The zero-order valence-corrected chi connectivity index (χ0v) is 17.4. The van der Waals surface area contributed by atoms with Gasteiger partial charge in [-0.25, -0.2) is 4.98 Å². The molecular formula is C21H27N7. The van der Waals surface area contributed by atoms with Crippen LogP contribution in [0.2, 0.25) is 0 Å². The molecule has 4 aromatic heterocycles. The van der Waals surface area contributed by atoms with Crippen molar-refractivity contribution in [3.63, 3.8) is 0 Å². The minimum atomic E-state index is 0.251. The third-order valence-corrected chi connectivity index (χ3v) is 5.21. The fourth-order valence-electron chi connectivity index (χ4n) is 3.57. The quantitative estimate of drug-likeness (QED) is 0.571. The highest BCUT2D eigenvalue weighted by atomic mass is 15.3. The van der Waals surface area contributed by atoms with E-state index in [2.05, 4.69) is 65.8 Å². The Balaban J connectivity index is 1.86. The molecule has 0 aliphatic carbocycles. The van der Waals surface area contributed by atoms with E-state index < -0.39 is 0 Å². The molecule has 4 heterocycles. The molecule has 28 heavy (non-hydrogen) atoms. The first-order chi connectivity index (χ1) is 13.3. The van der Waals surface area contributed by atoms with Crippen molar-refractivity contribution in [2.75, 3.05) is 5.32 Å². The van der Waals surface area contributed by atoms with Crippen LogP contribution in [0.25, 0.3) is 22.3 Å². The molecule has 4 rings (SSSR count). The van der Waals surface area contributed by atoms with Crippen molar-refractivity contribution in [1.29, 1.82) is 0 Å². The van der Waals surface area contributed by atoms with Gasteiger partial charge in [0.05, 0.1) is 23.3 Å². The second-order valence-corrected chi connectivity index (χ2v) is 7.68. The molecule has 146 valence electrons. The maximum absolute atomic E-state index is 4.99. The van der Waals surface area contributed by atoms with Crippen LogP contribution in [0.3, 0.4) is 0 Å². The van der Waals surface area contributed by atoms with Gasteiger partial charge in [0, 0.05) is 55.9 Å². The summed E-state index contributed by atoms with van der Waals surface area (Å²) in [5.74, 6) is 0. The van der Waals surface area contributed by atoms with Crippen molar-refractivity contribution >= 4 is 16.7 Å². The number of nitrogens with one attached hydrogen (secondary N) is 1. The summed E-state index contributed by atoms with van der Waals surface area (Å²) in [7, 11) is 3.99. The zero-order chi connectivity index (χ0) is 20.0. The van der Waals surface area contributed by atoms with Gasteiger partial charge in [-0.05, 0) is 39.8 Å². The van der Waals surface area contributed by atoms with E-state index in [4.69, 9.17) is 10.1 Å². The Morgan fingerprint density at radius 2 is 1.96 bits per heavy atom. The third-order valence-electron chi connectivity index (χ3n) is 5.21. The van der Waals surface area contributed by atoms with Gasteiger partial charge in [0.15, 0.2) is 0 Å². The van der Waals surface area contributed by atoms with Gasteiger partial charge in [-0.1, -0.05) is 0 Å². The number of rotatable bonds is 5. The van der Waals surface area contributed by atoms with Gasteiger partial charge in [0.1, 0.15) is 11.0 Å². The summed E-state index contributed by atoms with van der Waals surface area (Å²) in [6.07, 6.45) is 5.99. The first-order valence-corrected chi connectivity index (χ1v) is 9.58. The summed E-state index contributed by atoms with van der Waals surface area (Å²) in [5, 5.41) is 12.6. The van der Waals surface area contributed by atoms with E-state index in [9.17, 15) is 0 Å². The molecule has 0 fully saturated rings. The van der Waals surface area contributed by atoms with Crippen molar-refractivity contribution in [3.05, 3.63) is 47.7 Å². The number of aryl methyl sites for hydroxylation is 3. The maximum Gasteiger partial charge on any atom is 0.114 e. The fourth-order valence-corrected chi connectivity index (χ4v) is 3.57. The number of hydrogen-bond acceptors (Lipinski definition) is 4. The monoisotopic (exact) mass is 377 g/mol. The van der Waals surface area contributed by atoms with Crippen molar-refractivity contribution in [2.24, 2.45) is 14.1 Å². The normalized spacial score (nSPS) is 11.7. The van der Waals surface area contributed by atoms with Gasteiger partial charge >= 0.3 is 0 Å². The molecule has 0 saturated carbocycles. The highest BCUT2D eigenvalue weighted by molar-refractivity contribution is 5.93. The minimum Gasteiger partial charge on any atom is -0.379 e. The fraction of sp³-hybridized carbons (Fsp3) is 0.381. The highest BCUT2D eigenvalue weighted by Gasteiger charge is 2.18. The van der Waals surface area contributed by atoms with Gasteiger partial charge in [-0.3, -0.25) is 9.36 Å². The number of pyridine rings is 1. The van der Waals surface area contributed by atoms with E-state index in [1.165, 1.54) is 5.69 Å². The summed E-state index contributed by atoms with van der Waals surface area (Å²) >= 11 is 0. The summed E-state index contributed by atoms with van der Waals surface area (Å²) in [6, 6.07) is 4.51. The molecule has 0 radical (unpaired) electrons. The van der Waals surface area contributed by atoms with E-state index >= 15 is 0 Å². The van der Waals surface area contributed by atoms with E-state index in [-0.39, 0.29) is 6.04 Å². The molecule has 0 atom stereocenters. The topological polar surface area (TPSA) is 65.5 Å². The lowest BCUT2D eigenvalue weighted by Crippen LogP contribution is -2.07. The van der Waals surface area contributed by atoms with Gasteiger partial charge < -0.3 is 9.88 Å². The Labute approximate surface area is 165 Å². The Morgan fingerprint density at radius 1 is 1.18 bits per heavy atom. The molecule has 0 bridgehead atoms. The standard InChI is InChI=1S/C21H27N7/c1-13(2)28-21-19(22-10-16-11-23-27(6)12-16)9-18(24-20(21)14(3)25-28)17-7-8-26(5)15(17)4/h7-9,11-13H,10H2,1-6H3,(H,22,24). The van der Waals surface area contributed by atoms with Crippen molar-refractivity contribution < 1.29 is 0 Å². The molecular weight excluding hydrogens is 350 g/mol. The van der Waals surface area contributed by atoms with Gasteiger partial charge in [-0.2, -0.15) is 10.2 Å². The number of nitrogens with zero attached hydrogens (tertiary/aromatic N) is 6. The predicted octanol–water partition coefficient (Wildman–Crippen LogP) is 3.98. The molecule has 0 aromatic carbocycles. The molecule has 0 amide bonds. The molecule has 7 heteroatoms. The summed E-state index contributed by atoms with van der Waals surface area (Å²) < 4.78 is 6.00. The van der Waals surface area contributed by atoms with Crippen molar-refractivity contribution in [2.45, 2.75) is 40.3 Å². The molecule has 0 spiro atoms. The second kappa shape index (κ2) is 6.82. The Hall–Kier alpha value is -3.09. The Bertz CT molecular complexity index is 1140. The minimum absolute atomic E-state index is 0.251. The molecule has 4 aromatic rings.